The number of methoxy groups -OCH3 is 1. The average Bonchev–Trinajstić information content (AvgIpc) is 3.22. The number of nitro benzene ring substituents is 1. The van der Waals surface area contributed by atoms with Gasteiger partial charge < -0.3 is 10.1 Å². The van der Waals surface area contributed by atoms with Crippen molar-refractivity contribution < 1.29 is 14.5 Å². The van der Waals surface area contributed by atoms with Crippen molar-refractivity contribution >= 4 is 28.3 Å². The number of benzene rings is 2. The summed E-state index contributed by atoms with van der Waals surface area (Å²) in [5.41, 5.74) is 2.47. The second-order valence-electron chi connectivity index (χ2n) is 6.71. The van der Waals surface area contributed by atoms with Gasteiger partial charge in [0.15, 0.2) is 5.65 Å². The number of carbonyl (C=O) groups is 1. The highest BCUT2D eigenvalue weighted by Crippen LogP contribution is 2.31. The van der Waals surface area contributed by atoms with Crippen LogP contribution in [0.25, 0.3) is 22.3 Å². The molecule has 0 bridgehead atoms. The van der Waals surface area contributed by atoms with Crippen molar-refractivity contribution in [3.8, 4) is 17.0 Å². The smallest absolute Gasteiger partial charge is 0.271 e. The van der Waals surface area contributed by atoms with E-state index in [2.05, 4.69) is 10.4 Å². The van der Waals surface area contributed by atoms with Crippen LogP contribution in [0.5, 0.6) is 5.75 Å². The fourth-order valence-corrected chi connectivity index (χ4v) is 3.32. The summed E-state index contributed by atoms with van der Waals surface area (Å²) in [5.74, 6) is -0.129. The van der Waals surface area contributed by atoms with E-state index in [1.165, 1.54) is 25.3 Å². The zero-order chi connectivity index (χ0) is 22.0. The number of non-ortho nitro benzene ring substituents is 1. The summed E-state index contributed by atoms with van der Waals surface area (Å²) >= 11 is 0. The molecule has 0 spiro atoms. The zero-order valence-corrected chi connectivity index (χ0v) is 16.9. The molecule has 0 fully saturated rings. The molecule has 0 unspecified atom stereocenters. The quantitative estimate of drug-likeness (QED) is 0.370. The normalized spacial score (nSPS) is 10.8. The van der Waals surface area contributed by atoms with E-state index in [1.54, 1.807) is 16.9 Å². The number of hydrogen-bond donors (Lipinski definition) is 1. The van der Waals surface area contributed by atoms with E-state index in [-0.39, 0.29) is 11.4 Å². The Morgan fingerprint density at radius 2 is 1.97 bits per heavy atom. The van der Waals surface area contributed by atoms with Gasteiger partial charge in [-0.25, -0.2) is 9.67 Å². The molecule has 2 aromatic heterocycles. The van der Waals surface area contributed by atoms with Crippen LogP contribution in [0.1, 0.15) is 17.3 Å². The Morgan fingerprint density at radius 3 is 2.65 bits per heavy atom. The first-order valence-electron chi connectivity index (χ1n) is 9.57. The first kappa shape index (κ1) is 20.0. The monoisotopic (exact) mass is 417 g/mol. The van der Waals surface area contributed by atoms with Crippen molar-refractivity contribution in [1.29, 1.82) is 0 Å². The van der Waals surface area contributed by atoms with Crippen LogP contribution in [0.3, 0.4) is 0 Å². The average molecular weight is 417 g/mol. The van der Waals surface area contributed by atoms with Gasteiger partial charge in [-0.15, -0.1) is 0 Å². The van der Waals surface area contributed by atoms with E-state index >= 15 is 0 Å². The third kappa shape index (κ3) is 3.80. The van der Waals surface area contributed by atoms with Crippen LogP contribution >= 0.6 is 0 Å². The SMILES string of the molecule is CCn1ncc2c(C(=O)Nc3cc([N+](=O)[O-])ccc3OC)cc(-c3ccccc3)nc21. The van der Waals surface area contributed by atoms with Crippen molar-refractivity contribution in [2.24, 2.45) is 0 Å². The summed E-state index contributed by atoms with van der Waals surface area (Å²) in [6, 6.07) is 15.2. The molecule has 0 radical (unpaired) electrons. The minimum Gasteiger partial charge on any atom is -0.495 e. The number of carbonyl (C=O) groups excluding carboxylic acids is 1. The maximum atomic E-state index is 13.3. The fourth-order valence-electron chi connectivity index (χ4n) is 3.32. The van der Waals surface area contributed by atoms with Gasteiger partial charge in [-0.3, -0.25) is 14.9 Å². The van der Waals surface area contributed by atoms with Gasteiger partial charge >= 0.3 is 0 Å². The molecule has 31 heavy (non-hydrogen) atoms. The van der Waals surface area contributed by atoms with Crippen LogP contribution in [-0.4, -0.2) is 32.7 Å². The number of nitro groups is 1. The Kier molecular flexibility index (Phi) is 5.31. The van der Waals surface area contributed by atoms with Crippen LogP contribution in [0.15, 0.2) is 60.8 Å². The van der Waals surface area contributed by atoms with Crippen LogP contribution in [-0.2, 0) is 6.54 Å². The number of rotatable bonds is 6. The first-order chi connectivity index (χ1) is 15.0. The topological polar surface area (TPSA) is 112 Å². The van der Waals surface area contributed by atoms with E-state index in [1.807, 2.05) is 37.3 Å². The molecule has 9 nitrogen and oxygen atoms in total. The molecule has 0 saturated carbocycles. The molecule has 1 N–H and O–H groups in total. The highest BCUT2D eigenvalue weighted by atomic mass is 16.6. The first-order valence-corrected chi connectivity index (χ1v) is 9.57. The van der Waals surface area contributed by atoms with Crippen molar-refractivity contribution in [2.75, 3.05) is 12.4 Å². The third-order valence-electron chi connectivity index (χ3n) is 4.86. The van der Waals surface area contributed by atoms with Gasteiger partial charge in [0, 0.05) is 24.2 Å². The number of amides is 1. The largest absolute Gasteiger partial charge is 0.495 e. The number of aromatic nitrogens is 3. The molecular formula is C22H19N5O4. The van der Waals surface area contributed by atoms with Gasteiger partial charge in [0.1, 0.15) is 5.75 Å². The Bertz CT molecular complexity index is 1280. The summed E-state index contributed by atoms with van der Waals surface area (Å²) in [5, 5.41) is 18.8. The molecule has 0 atom stereocenters. The molecule has 0 aliphatic carbocycles. The molecule has 2 heterocycles. The Morgan fingerprint density at radius 1 is 1.19 bits per heavy atom. The second-order valence-corrected chi connectivity index (χ2v) is 6.71. The lowest BCUT2D eigenvalue weighted by atomic mass is 10.1. The maximum absolute atomic E-state index is 13.3. The zero-order valence-electron chi connectivity index (χ0n) is 16.9. The Labute approximate surface area is 177 Å². The Hall–Kier alpha value is -4.27. The lowest BCUT2D eigenvalue weighted by Crippen LogP contribution is -2.14. The number of nitrogens with zero attached hydrogens (tertiary/aromatic N) is 4. The molecule has 4 aromatic rings. The van der Waals surface area contributed by atoms with Crippen molar-refractivity contribution in [1.82, 2.24) is 14.8 Å². The molecule has 1 amide bonds. The molecule has 4 rings (SSSR count). The van der Waals surface area contributed by atoms with Crippen LogP contribution in [0, 0.1) is 10.1 Å². The summed E-state index contributed by atoms with van der Waals surface area (Å²) < 4.78 is 6.97. The highest BCUT2D eigenvalue weighted by molar-refractivity contribution is 6.13. The van der Waals surface area contributed by atoms with E-state index in [9.17, 15) is 14.9 Å². The number of pyridine rings is 1. The predicted octanol–water partition coefficient (Wildman–Crippen LogP) is 4.29. The lowest BCUT2D eigenvalue weighted by molar-refractivity contribution is -0.384. The van der Waals surface area contributed by atoms with Gasteiger partial charge in [-0.05, 0) is 19.1 Å². The lowest BCUT2D eigenvalue weighted by Gasteiger charge is -2.12. The summed E-state index contributed by atoms with van der Waals surface area (Å²) in [4.78, 5) is 28.6. The Balaban J connectivity index is 1.82. The highest BCUT2D eigenvalue weighted by Gasteiger charge is 2.20. The van der Waals surface area contributed by atoms with Crippen molar-refractivity contribution in [3.63, 3.8) is 0 Å². The van der Waals surface area contributed by atoms with E-state index in [4.69, 9.17) is 9.72 Å². The van der Waals surface area contributed by atoms with Gasteiger partial charge in [-0.1, -0.05) is 30.3 Å². The van der Waals surface area contributed by atoms with Gasteiger partial charge in [0.05, 0.1) is 40.6 Å². The van der Waals surface area contributed by atoms with Crippen molar-refractivity contribution in [3.05, 3.63) is 76.5 Å². The number of ether oxygens (including phenoxy) is 1. The number of nitrogens with one attached hydrogen (secondary N) is 1. The second kappa shape index (κ2) is 8.23. The summed E-state index contributed by atoms with van der Waals surface area (Å²) in [6.07, 6.45) is 1.60. The molecule has 0 aliphatic heterocycles. The third-order valence-corrected chi connectivity index (χ3v) is 4.86. The van der Waals surface area contributed by atoms with Gasteiger partial charge in [0.25, 0.3) is 11.6 Å². The summed E-state index contributed by atoms with van der Waals surface area (Å²) in [7, 11) is 1.43. The summed E-state index contributed by atoms with van der Waals surface area (Å²) in [6.45, 7) is 2.53. The van der Waals surface area contributed by atoms with Crippen LogP contribution in [0.2, 0.25) is 0 Å². The maximum Gasteiger partial charge on any atom is 0.271 e. The number of aryl methyl sites for hydroxylation is 1. The van der Waals surface area contributed by atoms with Crippen LogP contribution in [0.4, 0.5) is 11.4 Å². The van der Waals surface area contributed by atoms with Crippen LogP contribution < -0.4 is 10.1 Å². The molecule has 0 saturated heterocycles. The van der Waals surface area contributed by atoms with E-state index in [0.717, 1.165) is 5.56 Å². The van der Waals surface area contributed by atoms with Gasteiger partial charge in [-0.2, -0.15) is 5.10 Å². The molecular weight excluding hydrogens is 398 g/mol. The number of fused-ring (bicyclic) bond motifs is 1. The van der Waals surface area contributed by atoms with Crippen molar-refractivity contribution in [2.45, 2.75) is 13.5 Å². The van der Waals surface area contributed by atoms with E-state index < -0.39 is 10.8 Å². The standard InChI is InChI=1S/C22H19N5O4/c1-3-26-21-17(13-23-26)16(12-18(24-21)14-7-5-4-6-8-14)22(28)25-19-11-15(27(29)30)9-10-20(19)31-2/h4-13H,3H2,1-2H3,(H,25,28). The van der Waals surface area contributed by atoms with E-state index in [0.29, 0.717) is 34.6 Å². The number of anilines is 1. The van der Waals surface area contributed by atoms with Gasteiger partial charge in [0.2, 0.25) is 0 Å². The molecule has 0 aliphatic rings. The minimum atomic E-state index is -0.529. The molecule has 156 valence electrons. The fraction of sp³-hybridized carbons (Fsp3) is 0.136. The minimum absolute atomic E-state index is 0.153. The molecule has 9 heteroatoms. The predicted molar refractivity (Wildman–Crippen MR) is 116 cm³/mol. The number of hydrogen-bond acceptors (Lipinski definition) is 6. The molecule has 2 aromatic carbocycles.